The third-order valence-corrected chi connectivity index (χ3v) is 4.03. The third-order valence-electron chi connectivity index (χ3n) is 3.41. The molecule has 0 amide bonds. The largest absolute Gasteiger partial charge is 0.375 e. The molecule has 1 heterocycles. The smallest absolute Gasteiger partial charge is 0.0723 e. The Balaban J connectivity index is 2.27. The Labute approximate surface area is 119 Å². The monoisotopic (exact) mass is 287 g/mol. The molecule has 2 nitrogen and oxygen atoms in total. The Morgan fingerprint density at radius 1 is 1.44 bits per heavy atom. The fourth-order valence-electron chi connectivity index (χ4n) is 2.34. The van der Waals surface area contributed by atoms with Crippen molar-refractivity contribution in [2.45, 2.75) is 38.3 Å². The summed E-state index contributed by atoms with van der Waals surface area (Å²) in [6.07, 6.45) is 1.30. The highest BCUT2D eigenvalue weighted by atomic mass is 35.5. The molecule has 0 bridgehead atoms. The van der Waals surface area contributed by atoms with E-state index < -0.39 is 0 Å². The van der Waals surface area contributed by atoms with E-state index in [0.717, 1.165) is 35.8 Å². The Kier molecular flexibility index (Phi) is 4.77. The quantitative estimate of drug-likeness (QED) is 0.777. The fourth-order valence-corrected chi connectivity index (χ4v) is 2.82. The molecule has 2 atom stereocenters. The summed E-state index contributed by atoms with van der Waals surface area (Å²) in [6, 6.07) is 6.47. The first kappa shape index (κ1) is 14.0. The number of hydrogen-bond acceptors (Lipinski definition) is 2. The van der Waals surface area contributed by atoms with Gasteiger partial charge in [0.25, 0.3) is 0 Å². The number of anilines is 1. The molecule has 2 rings (SSSR count). The van der Waals surface area contributed by atoms with Crippen molar-refractivity contribution in [2.75, 3.05) is 18.1 Å². The summed E-state index contributed by atoms with van der Waals surface area (Å²) >= 11 is 12.2. The van der Waals surface area contributed by atoms with Crippen LogP contribution in [0.1, 0.15) is 25.8 Å². The molecule has 18 heavy (non-hydrogen) atoms. The molecule has 2 unspecified atom stereocenters. The van der Waals surface area contributed by atoms with E-state index in [4.69, 9.17) is 27.9 Å². The maximum Gasteiger partial charge on any atom is 0.0723 e. The first-order chi connectivity index (χ1) is 8.65. The summed E-state index contributed by atoms with van der Waals surface area (Å²) in [6.45, 7) is 5.93. The highest BCUT2D eigenvalue weighted by Crippen LogP contribution is 2.31. The second kappa shape index (κ2) is 6.14. The molecule has 0 radical (unpaired) electrons. The van der Waals surface area contributed by atoms with E-state index in [1.807, 2.05) is 12.1 Å². The van der Waals surface area contributed by atoms with Crippen molar-refractivity contribution in [1.82, 2.24) is 0 Å². The van der Waals surface area contributed by atoms with E-state index in [0.29, 0.717) is 11.9 Å². The molecule has 1 aliphatic heterocycles. The zero-order valence-electron chi connectivity index (χ0n) is 10.8. The van der Waals surface area contributed by atoms with Crippen LogP contribution in [0.2, 0.25) is 5.02 Å². The van der Waals surface area contributed by atoms with E-state index >= 15 is 0 Å². The summed E-state index contributed by atoms with van der Waals surface area (Å²) in [5.74, 6) is 0.497. The van der Waals surface area contributed by atoms with Crippen molar-refractivity contribution in [3.8, 4) is 0 Å². The zero-order valence-corrected chi connectivity index (χ0v) is 12.3. The summed E-state index contributed by atoms with van der Waals surface area (Å²) in [4.78, 5) is 2.36. The summed E-state index contributed by atoms with van der Waals surface area (Å²) in [7, 11) is 0. The van der Waals surface area contributed by atoms with Gasteiger partial charge >= 0.3 is 0 Å². The van der Waals surface area contributed by atoms with Gasteiger partial charge in [0, 0.05) is 12.4 Å². The minimum Gasteiger partial charge on any atom is -0.375 e. The Morgan fingerprint density at radius 2 is 2.22 bits per heavy atom. The first-order valence-electron chi connectivity index (χ1n) is 6.38. The SMILES string of the molecule is CCC1COC(C)CN1c1ccc(CCl)cc1Cl. The van der Waals surface area contributed by atoms with Crippen molar-refractivity contribution in [1.29, 1.82) is 0 Å². The van der Waals surface area contributed by atoms with Gasteiger partial charge in [-0.2, -0.15) is 0 Å². The highest BCUT2D eigenvalue weighted by molar-refractivity contribution is 6.33. The van der Waals surface area contributed by atoms with Gasteiger partial charge in [0.15, 0.2) is 0 Å². The molecule has 1 aliphatic rings. The Morgan fingerprint density at radius 3 is 2.83 bits per heavy atom. The van der Waals surface area contributed by atoms with Crippen LogP contribution < -0.4 is 4.90 Å². The van der Waals surface area contributed by atoms with Gasteiger partial charge in [-0.15, -0.1) is 11.6 Å². The van der Waals surface area contributed by atoms with Crippen molar-refractivity contribution in [3.63, 3.8) is 0 Å². The van der Waals surface area contributed by atoms with Crippen LogP contribution in [-0.4, -0.2) is 25.3 Å². The second-order valence-electron chi connectivity index (χ2n) is 4.78. The average Bonchev–Trinajstić information content (AvgIpc) is 2.38. The van der Waals surface area contributed by atoms with Crippen LogP contribution in [0.25, 0.3) is 0 Å². The maximum atomic E-state index is 6.37. The van der Waals surface area contributed by atoms with Crippen LogP contribution in [0, 0.1) is 0 Å². The lowest BCUT2D eigenvalue weighted by Crippen LogP contribution is -2.48. The predicted molar refractivity (Wildman–Crippen MR) is 77.8 cm³/mol. The number of alkyl halides is 1. The van der Waals surface area contributed by atoms with Gasteiger partial charge in [-0.1, -0.05) is 24.6 Å². The number of halogens is 2. The van der Waals surface area contributed by atoms with E-state index in [1.54, 1.807) is 0 Å². The highest BCUT2D eigenvalue weighted by Gasteiger charge is 2.26. The minimum absolute atomic E-state index is 0.247. The molecule has 1 fully saturated rings. The zero-order chi connectivity index (χ0) is 13.1. The second-order valence-corrected chi connectivity index (χ2v) is 5.45. The van der Waals surface area contributed by atoms with Crippen LogP contribution in [-0.2, 0) is 10.6 Å². The standard InChI is InChI=1S/C14H19Cl2NO/c1-3-12-9-18-10(2)8-17(12)14-5-4-11(7-15)6-13(14)16/h4-6,10,12H,3,7-9H2,1-2H3. The van der Waals surface area contributed by atoms with Gasteiger partial charge in [0.05, 0.1) is 29.5 Å². The number of benzene rings is 1. The molecular weight excluding hydrogens is 269 g/mol. The number of hydrogen-bond donors (Lipinski definition) is 0. The molecule has 1 aromatic carbocycles. The number of nitrogens with zero attached hydrogens (tertiary/aromatic N) is 1. The molecule has 0 aliphatic carbocycles. The Bertz CT molecular complexity index is 411. The van der Waals surface area contributed by atoms with E-state index in [1.165, 1.54) is 0 Å². The number of rotatable bonds is 3. The van der Waals surface area contributed by atoms with E-state index in [9.17, 15) is 0 Å². The molecule has 4 heteroatoms. The topological polar surface area (TPSA) is 12.5 Å². The maximum absolute atomic E-state index is 6.37. The first-order valence-corrected chi connectivity index (χ1v) is 7.29. The molecule has 0 saturated carbocycles. The molecule has 1 aromatic rings. The molecule has 0 aromatic heterocycles. The predicted octanol–water partition coefficient (Wildman–Crippen LogP) is 4.08. The summed E-state index contributed by atoms with van der Waals surface area (Å²) in [5, 5.41) is 0.778. The summed E-state index contributed by atoms with van der Waals surface area (Å²) < 4.78 is 5.71. The lowest BCUT2D eigenvalue weighted by molar-refractivity contribution is 0.0300. The van der Waals surface area contributed by atoms with Gasteiger partial charge < -0.3 is 9.64 Å². The number of ether oxygens (including phenoxy) is 1. The third kappa shape index (κ3) is 2.93. The van der Waals surface area contributed by atoms with Crippen molar-refractivity contribution in [3.05, 3.63) is 28.8 Å². The van der Waals surface area contributed by atoms with Crippen molar-refractivity contribution < 1.29 is 4.74 Å². The van der Waals surface area contributed by atoms with Crippen molar-refractivity contribution >= 4 is 28.9 Å². The molecule has 100 valence electrons. The molecule has 0 spiro atoms. The van der Waals surface area contributed by atoms with Crippen LogP contribution in [0.4, 0.5) is 5.69 Å². The van der Waals surface area contributed by atoms with E-state index in [-0.39, 0.29) is 6.10 Å². The van der Waals surface area contributed by atoms with Crippen LogP contribution in [0.5, 0.6) is 0 Å². The van der Waals surface area contributed by atoms with Gasteiger partial charge in [-0.3, -0.25) is 0 Å². The fraction of sp³-hybridized carbons (Fsp3) is 0.571. The van der Waals surface area contributed by atoms with Gasteiger partial charge in [0.2, 0.25) is 0 Å². The summed E-state index contributed by atoms with van der Waals surface area (Å²) in [5.41, 5.74) is 2.15. The molecule has 0 N–H and O–H groups in total. The molecule has 1 saturated heterocycles. The average molecular weight is 288 g/mol. The van der Waals surface area contributed by atoms with E-state index in [2.05, 4.69) is 24.8 Å². The van der Waals surface area contributed by atoms with Crippen molar-refractivity contribution in [2.24, 2.45) is 0 Å². The normalized spacial score (nSPS) is 24.3. The molecular formula is C14H19Cl2NO. The lowest BCUT2D eigenvalue weighted by atomic mass is 10.1. The minimum atomic E-state index is 0.247. The lowest BCUT2D eigenvalue weighted by Gasteiger charge is -2.40. The Hall–Kier alpha value is -0.440. The number of morpholine rings is 1. The van der Waals surface area contributed by atoms with Gasteiger partial charge in [-0.05, 0) is 31.0 Å². The van der Waals surface area contributed by atoms with Gasteiger partial charge in [0.1, 0.15) is 0 Å². The van der Waals surface area contributed by atoms with Gasteiger partial charge in [-0.25, -0.2) is 0 Å². The van der Waals surface area contributed by atoms with Crippen LogP contribution in [0.15, 0.2) is 18.2 Å². The van der Waals surface area contributed by atoms with Crippen LogP contribution >= 0.6 is 23.2 Å². The van der Waals surface area contributed by atoms with Crippen LogP contribution in [0.3, 0.4) is 0 Å².